The minimum Gasteiger partial charge on any atom is -0.468 e. The van der Waals surface area contributed by atoms with E-state index in [0.29, 0.717) is 5.56 Å². The molecule has 1 atom stereocenters. The minimum atomic E-state index is -4.44. The van der Waals surface area contributed by atoms with E-state index < -0.39 is 35.4 Å². The van der Waals surface area contributed by atoms with Crippen molar-refractivity contribution in [1.82, 2.24) is 4.98 Å². The fraction of sp³-hybridized carbons (Fsp3) is 0.250. The molecule has 0 saturated carbocycles. The number of nitrogens with one attached hydrogen (secondary N) is 1. The van der Waals surface area contributed by atoms with Crippen LogP contribution in [0.5, 0.6) is 5.88 Å². The van der Waals surface area contributed by atoms with Crippen molar-refractivity contribution in [1.29, 1.82) is 0 Å². The van der Waals surface area contributed by atoms with Crippen molar-refractivity contribution in [3.05, 3.63) is 47.3 Å². The Morgan fingerprint density at radius 2 is 1.88 bits per heavy atom. The number of carbonyl (C=O) groups excluding carboxylic acids is 1. The lowest BCUT2D eigenvalue weighted by Gasteiger charge is -2.17. The van der Waals surface area contributed by atoms with Crippen LogP contribution in [0.25, 0.3) is 0 Å². The van der Waals surface area contributed by atoms with Crippen molar-refractivity contribution >= 4 is 17.4 Å². The Hall–Kier alpha value is -2.84. The predicted molar refractivity (Wildman–Crippen MR) is 83.4 cm³/mol. The summed E-state index contributed by atoms with van der Waals surface area (Å²) in [6.45, 7) is 2.76. The van der Waals surface area contributed by atoms with Crippen LogP contribution in [0, 0.1) is 5.82 Å². The van der Waals surface area contributed by atoms with E-state index in [4.69, 9.17) is 10.5 Å². The third kappa shape index (κ3) is 4.59. The zero-order valence-electron chi connectivity index (χ0n) is 13.3. The number of ether oxygens (including phenoxy) is 1. The molecule has 0 radical (unpaired) electrons. The molecule has 1 aromatic heterocycles. The second-order valence-corrected chi connectivity index (χ2v) is 5.27. The Morgan fingerprint density at radius 3 is 2.40 bits per heavy atom. The van der Waals surface area contributed by atoms with E-state index in [0.717, 1.165) is 18.2 Å². The number of hydrogen-bond acceptors (Lipinski definition) is 4. The highest BCUT2D eigenvalue weighted by molar-refractivity contribution is 5.90. The molecule has 0 aliphatic rings. The standard InChI is InChI=1S/C16H15F4N3O2/c1-8(10-3-5-11(6-4-10)16(18,19)20)25-15-12(17)7-13(21)14(23-15)22-9(2)24/h3-8H,21H2,1-2H3,(H,22,23,24). The van der Waals surface area contributed by atoms with Gasteiger partial charge >= 0.3 is 6.18 Å². The highest BCUT2D eigenvalue weighted by Gasteiger charge is 2.30. The molecule has 5 nitrogen and oxygen atoms in total. The normalized spacial score (nSPS) is 12.6. The van der Waals surface area contributed by atoms with Gasteiger partial charge in [-0.15, -0.1) is 0 Å². The third-order valence-corrected chi connectivity index (χ3v) is 3.26. The van der Waals surface area contributed by atoms with Crippen LogP contribution in [-0.2, 0) is 11.0 Å². The van der Waals surface area contributed by atoms with Gasteiger partial charge in [-0.2, -0.15) is 18.2 Å². The number of carbonyl (C=O) groups is 1. The fourth-order valence-corrected chi connectivity index (χ4v) is 2.01. The third-order valence-electron chi connectivity index (χ3n) is 3.26. The second-order valence-electron chi connectivity index (χ2n) is 5.27. The zero-order valence-corrected chi connectivity index (χ0v) is 13.3. The molecule has 0 saturated heterocycles. The Balaban J connectivity index is 2.22. The van der Waals surface area contributed by atoms with Gasteiger partial charge in [0.1, 0.15) is 6.10 Å². The quantitative estimate of drug-likeness (QED) is 0.813. The molecule has 0 fully saturated rings. The topological polar surface area (TPSA) is 77.2 Å². The lowest BCUT2D eigenvalue weighted by Crippen LogP contribution is -2.13. The number of rotatable bonds is 4. The van der Waals surface area contributed by atoms with Crippen molar-refractivity contribution in [3.8, 4) is 5.88 Å². The lowest BCUT2D eigenvalue weighted by atomic mass is 10.1. The van der Waals surface area contributed by atoms with Crippen LogP contribution in [0.2, 0.25) is 0 Å². The van der Waals surface area contributed by atoms with Gasteiger partial charge in [0.25, 0.3) is 5.88 Å². The van der Waals surface area contributed by atoms with E-state index in [9.17, 15) is 22.4 Å². The summed E-state index contributed by atoms with van der Waals surface area (Å²) in [5, 5.41) is 2.33. The van der Waals surface area contributed by atoms with Gasteiger partial charge in [-0.05, 0) is 24.6 Å². The van der Waals surface area contributed by atoms with E-state index in [1.54, 1.807) is 0 Å². The smallest absolute Gasteiger partial charge is 0.416 e. The molecule has 1 aromatic carbocycles. The largest absolute Gasteiger partial charge is 0.468 e. The summed E-state index contributed by atoms with van der Waals surface area (Å²) >= 11 is 0. The van der Waals surface area contributed by atoms with Gasteiger partial charge in [0.2, 0.25) is 5.91 Å². The molecule has 0 aliphatic carbocycles. The van der Waals surface area contributed by atoms with Gasteiger partial charge in [0.15, 0.2) is 11.6 Å². The molecule has 1 unspecified atom stereocenters. The average Bonchev–Trinajstić information content (AvgIpc) is 2.50. The number of alkyl halides is 3. The molecule has 0 aliphatic heterocycles. The van der Waals surface area contributed by atoms with Crippen molar-refractivity contribution in [2.45, 2.75) is 26.1 Å². The number of anilines is 2. The van der Waals surface area contributed by atoms with Gasteiger partial charge in [-0.25, -0.2) is 4.39 Å². The molecule has 9 heteroatoms. The van der Waals surface area contributed by atoms with E-state index in [2.05, 4.69) is 10.3 Å². The number of benzene rings is 1. The maximum absolute atomic E-state index is 13.9. The van der Waals surface area contributed by atoms with Gasteiger partial charge in [0, 0.05) is 13.0 Å². The average molecular weight is 357 g/mol. The van der Waals surface area contributed by atoms with Gasteiger partial charge in [0.05, 0.1) is 11.3 Å². The number of amides is 1. The van der Waals surface area contributed by atoms with Crippen LogP contribution >= 0.6 is 0 Å². The highest BCUT2D eigenvalue weighted by atomic mass is 19.4. The van der Waals surface area contributed by atoms with Gasteiger partial charge in [-0.1, -0.05) is 12.1 Å². The van der Waals surface area contributed by atoms with Crippen LogP contribution < -0.4 is 15.8 Å². The van der Waals surface area contributed by atoms with Gasteiger partial charge < -0.3 is 15.8 Å². The summed E-state index contributed by atoms with van der Waals surface area (Å²) in [5.74, 6) is -1.80. The molecule has 25 heavy (non-hydrogen) atoms. The molecule has 134 valence electrons. The first-order chi connectivity index (χ1) is 11.6. The Morgan fingerprint density at radius 1 is 1.28 bits per heavy atom. The molecule has 2 rings (SSSR count). The van der Waals surface area contributed by atoms with Gasteiger partial charge in [-0.3, -0.25) is 4.79 Å². The summed E-state index contributed by atoms with van der Waals surface area (Å²) in [6, 6.07) is 5.22. The first-order valence-corrected chi connectivity index (χ1v) is 7.15. The van der Waals surface area contributed by atoms with E-state index >= 15 is 0 Å². The van der Waals surface area contributed by atoms with Crippen molar-refractivity contribution in [3.63, 3.8) is 0 Å². The number of aromatic nitrogens is 1. The maximum Gasteiger partial charge on any atom is 0.416 e. The first-order valence-electron chi connectivity index (χ1n) is 7.15. The Bertz CT molecular complexity index is 776. The zero-order chi connectivity index (χ0) is 18.8. The van der Waals surface area contributed by atoms with Crippen LogP contribution in [-0.4, -0.2) is 10.9 Å². The van der Waals surface area contributed by atoms with Crippen molar-refractivity contribution < 1.29 is 27.1 Å². The monoisotopic (exact) mass is 357 g/mol. The molecule has 0 spiro atoms. The van der Waals surface area contributed by atoms with Crippen molar-refractivity contribution in [2.24, 2.45) is 0 Å². The molecule has 3 N–H and O–H groups in total. The van der Waals surface area contributed by atoms with Crippen LogP contribution in [0.3, 0.4) is 0 Å². The predicted octanol–water partition coefficient (Wildman–Crippen LogP) is 3.92. The summed E-state index contributed by atoms with van der Waals surface area (Å²) in [7, 11) is 0. The Kier molecular flexibility index (Phi) is 5.15. The number of nitrogens with two attached hydrogens (primary N) is 1. The number of nitrogen functional groups attached to an aromatic ring is 1. The van der Waals surface area contributed by atoms with Crippen molar-refractivity contribution in [2.75, 3.05) is 11.1 Å². The molecule has 2 aromatic rings. The van der Waals surface area contributed by atoms with E-state index in [-0.39, 0.29) is 11.5 Å². The van der Waals surface area contributed by atoms with E-state index in [1.807, 2.05) is 0 Å². The van der Waals surface area contributed by atoms with E-state index in [1.165, 1.54) is 26.0 Å². The Labute approximate surface area is 140 Å². The van der Waals surface area contributed by atoms with Crippen LogP contribution in [0.1, 0.15) is 31.1 Å². The van der Waals surface area contributed by atoms with Crippen LogP contribution in [0.4, 0.5) is 29.1 Å². The summed E-state index contributed by atoms with van der Waals surface area (Å²) in [4.78, 5) is 14.9. The first kappa shape index (κ1) is 18.5. The second kappa shape index (κ2) is 6.96. The summed E-state index contributed by atoms with van der Waals surface area (Å²) < 4.78 is 57.0. The number of halogens is 4. The summed E-state index contributed by atoms with van der Waals surface area (Å²) in [5.41, 5.74) is 5.07. The number of hydrogen-bond donors (Lipinski definition) is 2. The minimum absolute atomic E-state index is 0.0662. The highest BCUT2D eigenvalue weighted by Crippen LogP contribution is 2.31. The molecule has 0 bridgehead atoms. The maximum atomic E-state index is 13.9. The fourth-order valence-electron chi connectivity index (χ4n) is 2.01. The molecule has 1 heterocycles. The number of pyridine rings is 1. The SMILES string of the molecule is CC(=O)Nc1nc(OC(C)c2ccc(C(F)(F)F)cc2)c(F)cc1N. The molecular formula is C16H15F4N3O2. The summed E-state index contributed by atoms with van der Waals surface area (Å²) in [6.07, 6.45) is -5.22. The lowest BCUT2D eigenvalue weighted by molar-refractivity contribution is -0.137. The van der Waals surface area contributed by atoms with Crippen LogP contribution in [0.15, 0.2) is 30.3 Å². The molecule has 1 amide bonds. The number of nitrogens with zero attached hydrogens (tertiary/aromatic N) is 1. The molecular weight excluding hydrogens is 342 g/mol.